The Bertz CT molecular complexity index is 931. The molecule has 1 amide bonds. The summed E-state index contributed by atoms with van der Waals surface area (Å²) < 4.78 is 5.18. The summed E-state index contributed by atoms with van der Waals surface area (Å²) >= 11 is 0. The summed E-state index contributed by atoms with van der Waals surface area (Å²) in [7, 11) is 1.46. The zero-order valence-electron chi connectivity index (χ0n) is 14.8. The number of amides is 1. The van der Waals surface area contributed by atoms with E-state index in [4.69, 9.17) is 4.74 Å². The second-order valence-electron chi connectivity index (χ2n) is 6.35. The lowest BCUT2D eigenvalue weighted by Crippen LogP contribution is -2.22. The van der Waals surface area contributed by atoms with Crippen LogP contribution in [0.3, 0.4) is 0 Å². The van der Waals surface area contributed by atoms with Crippen molar-refractivity contribution >= 4 is 17.4 Å². The van der Waals surface area contributed by atoms with E-state index in [2.05, 4.69) is 22.1 Å². The van der Waals surface area contributed by atoms with Crippen LogP contribution in [0.25, 0.3) is 0 Å². The molecule has 6 nitrogen and oxygen atoms in total. The highest BCUT2D eigenvalue weighted by Gasteiger charge is 2.40. The van der Waals surface area contributed by atoms with E-state index in [9.17, 15) is 14.7 Å². The molecule has 0 bridgehead atoms. The molecule has 0 aliphatic carbocycles. The minimum atomic E-state index is -1.14. The van der Waals surface area contributed by atoms with Crippen LogP contribution in [0.1, 0.15) is 47.8 Å². The van der Waals surface area contributed by atoms with Gasteiger partial charge in [-0.3, -0.25) is 9.59 Å². The Kier molecular flexibility index (Phi) is 4.58. The number of ether oxygens (including phenoxy) is 1. The molecule has 1 aromatic heterocycles. The molecular formula is C20H20N2O4. The molecule has 1 aliphatic rings. The van der Waals surface area contributed by atoms with Crippen molar-refractivity contribution in [2.45, 2.75) is 31.8 Å². The van der Waals surface area contributed by atoms with Crippen molar-refractivity contribution < 1.29 is 19.4 Å². The number of Topliss-reactive ketones (excluding diaryl/α,β-unsaturated/α-hetero) is 1. The van der Waals surface area contributed by atoms with E-state index in [1.807, 2.05) is 6.92 Å². The largest absolute Gasteiger partial charge is 0.494 e. The molecule has 0 saturated carbocycles. The maximum Gasteiger partial charge on any atom is 0.240 e. The SMILES string of the molecule is CCC(C)(O)C#Cc1cccc2c1C(C(=O)c1[nH]ccc1OC)C(=O)N2. The van der Waals surface area contributed by atoms with Gasteiger partial charge < -0.3 is 20.1 Å². The standard InChI is InChI=1S/C20H20N2O4/c1-4-20(2,25)10-8-12-6-5-7-13-15(12)16(19(24)22-13)18(23)17-14(26-3)9-11-21-17/h5-7,9,11,16,21,25H,4H2,1-3H3,(H,22,24). The predicted molar refractivity (Wildman–Crippen MR) is 97.3 cm³/mol. The van der Waals surface area contributed by atoms with E-state index in [0.717, 1.165) is 0 Å². The zero-order valence-corrected chi connectivity index (χ0v) is 14.8. The minimum Gasteiger partial charge on any atom is -0.494 e. The highest BCUT2D eigenvalue weighted by atomic mass is 16.5. The van der Waals surface area contributed by atoms with Crippen LogP contribution in [0.5, 0.6) is 5.75 Å². The lowest BCUT2D eigenvalue weighted by Gasteiger charge is -2.13. The van der Waals surface area contributed by atoms with Crippen LogP contribution in [0.4, 0.5) is 5.69 Å². The first-order valence-electron chi connectivity index (χ1n) is 8.33. The highest BCUT2D eigenvalue weighted by molar-refractivity contribution is 6.22. The third-order valence-corrected chi connectivity index (χ3v) is 4.51. The molecule has 3 rings (SSSR count). The average Bonchev–Trinajstić information content (AvgIpc) is 3.23. The molecule has 2 unspecified atom stereocenters. The van der Waals surface area contributed by atoms with Crippen LogP contribution < -0.4 is 10.1 Å². The first-order chi connectivity index (χ1) is 12.4. The molecule has 2 aromatic rings. The van der Waals surface area contributed by atoms with Gasteiger partial charge in [0.05, 0.1) is 7.11 Å². The number of aromatic amines is 1. The third kappa shape index (κ3) is 3.09. The van der Waals surface area contributed by atoms with Gasteiger partial charge in [-0.2, -0.15) is 0 Å². The lowest BCUT2D eigenvalue weighted by molar-refractivity contribution is -0.116. The van der Waals surface area contributed by atoms with Gasteiger partial charge in [0.25, 0.3) is 0 Å². The Hall–Kier alpha value is -3.04. The summed E-state index contributed by atoms with van der Waals surface area (Å²) in [5.41, 5.74) is 0.726. The third-order valence-electron chi connectivity index (χ3n) is 4.51. The summed E-state index contributed by atoms with van der Waals surface area (Å²) in [6, 6.07) is 6.86. The van der Waals surface area contributed by atoms with Gasteiger partial charge in [0.15, 0.2) is 5.78 Å². The molecule has 3 N–H and O–H groups in total. The first kappa shape index (κ1) is 17.8. The van der Waals surface area contributed by atoms with E-state index >= 15 is 0 Å². The number of benzene rings is 1. The monoisotopic (exact) mass is 352 g/mol. The summed E-state index contributed by atoms with van der Waals surface area (Å²) in [6.45, 7) is 3.46. The van der Waals surface area contributed by atoms with Gasteiger partial charge in [-0.25, -0.2) is 0 Å². The molecule has 1 aromatic carbocycles. The summed E-state index contributed by atoms with van der Waals surface area (Å²) in [5, 5.41) is 12.9. The van der Waals surface area contributed by atoms with Gasteiger partial charge in [0, 0.05) is 23.0 Å². The maximum atomic E-state index is 13.0. The topological polar surface area (TPSA) is 91.4 Å². The second-order valence-corrected chi connectivity index (χ2v) is 6.35. The van der Waals surface area contributed by atoms with Gasteiger partial charge in [-0.15, -0.1) is 0 Å². The van der Waals surface area contributed by atoms with Crippen molar-refractivity contribution in [3.05, 3.63) is 47.3 Å². The lowest BCUT2D eigenvalue weighted by atomic mass is 9.90. The zero-order chi connectivity index (χ0) is 18.9. The molecule has 6 heteroatoms. The number of carbonyl (C=O) groups excluding carboxylic acids is 2. The van der Waals surface area contributed by atoms with Crippen molar-refractivity contribution in [2.75, 3.05) is 12.4 Å². The molecule has 0 saturated heterocycles. The summed E-state index contributed by atoms with van der Waals surface area (Å²) in [4.78, 5) is 28.3. The van der Waals surface area contributed by atoms with E-state index in [1.165, 1.54) is 7.11 Å². The predicted octanol–water partition coefficient (Wildman–Crippen LogP) is 2.45. The minimum absolute atomic E-state index is 0.240. The second kappa shape index (κ2) is 6.70. The summed E-state index contributed by atoms with van der Waals surface area (Å²) in [6.07, 6.45) is 2.05. The average molecular weight is 352 g/mol. The molecule has 1 aliphatic heterocycles. The maximum absolute atomic E-state index is 13.0. The Balaban J connectivity index is 2.08. The smallest absolute Gasteiger partial charge is 0.240 e. The van der Waals surface area contributed by atoms with Gasteiger partial charge in [-0.1, -0.05) is 24.8 Å². The number of hydrogen-bond acceptors (Lipinski definition) is 4. The van der Waals surface area contributed by atoms with E-state index < -0.39 is 17.4 Å². The number of fused-ring (bicyclic) bond motifs is 1. The number of hydrogen-bond donors (Lipinski definition) is 3. The highest BCUT2D eigenvalue weighted by Crippen LogP contribution is 2.38. The van der Waals surface area contributed by atoms with Crippen LogP contribution in [0.2, 0.25) is 0 Å². The fourth-order valence-corrected chi connectivity index (χ4v) is 2.83. The number of anilines is 1. The van der Waals surface area contributed by atoms with Crippen LogP contribution in [0.15, 0.2) is 30.5 Å². The van der Waals surface area contributed by atoms with E-state index in [0.29, 0.717) is 29.0 Å². The molecule has 0 radical (unpaired) electrons. The molecule has 0 spiro atoms. The number of ketones is 1. The summed E-state index contributed by atoms with van der Waals surface area (Å²) in [5.74, 6) is 4.31. The number of aliphatic hydroxyl groups is 1. The van der Waals surface area contributed by atoms with Gasteiger partial charge in [0.2, 0.25) is 5.91 Å². The van der Waals surface area contributed by atoms with Crippen LogP contribution >= 0.6 is 0 Å². The van der Waals surface area contributed by atoms with Crippen molar-refractivity contribution in [3.63, 3.8) is 0 Å². The number of methoxy groups -OCH3 is 1. The van der Waals surface area contributed by atoms with Crippen molar-refractivity contribution in [1.29, 1.82) is 0 Å². The normalized spacial score (nSPS) is 17.5. The first-order valence-corrected chi connectivity index (χ1v) is 8.33. The van der Waals surface area contributed by atoms with Crippen LogP contribution in [-0.2, 0) is 4.79 Å². The number of carbonyl (C=O) groups is 2. The van der Waals surface area contributed by atoms with Crippen molar-refractivity contribution in [2.24, 2.45) is 0 Å². The quantitative estimate of drug-likeness (QED) is 0.448. The van der Waals surface area contributed by atoms with Crippen molar-refractivity contribution in [3.8, 4) is 17.6 Å². The number of aromatic nitrogens is 1. The van der Waals surface area contributed by atoms with E-state index in [-0.39, 0.29) is 11.5 Å². The molecule has 2 atom stereocenters. The Morgan fingerprint density at radius 2 is 2.15 bits per heavy atom. The molecule has 26 heavy (non-hydrogen) atoms. The fraction of sp³-hybridized carbons (Fsp3) is 0.300. The van der Waals surface area contributed by atoms with Gasteiger partial charge >= 0.3 is 0 Å². The van der Waals surface area contributed by atoms with Gasteiger partial charge in [-0.05, 0) is 31.5 Å². The molecule has 134 valence electrons. The molecular weight excluding hydrogens is 332 g/mol. The Morgan fingerprint density at radius 1 is 1.38 bits per heavy atom. The van der Waals surface area contributed by atoms with Gasteiger partial charge in [0.1, 0.15) is 23.0 Å². The Morgan fingerprint density at radius 3 is 2.85 bits per heavy atom. The van der Waals surface area contributed by atoms with Crippen LogP contribution in [0, 0.1) is 11.8 Å². The fourth-order valence-electron chi connectivity index (χ4n) is 2.83. The Labute approximate surface area is 151 Å². The number of rotatable bonds is 4. The number of H-pyrrole nitrogens is 1. The van der Waals surface area contributed by atoms with Crippen molar-refractivity contribution in [1.82, 2.24) is 4.98 Å². The molecule has 2 heterocycles. The molecule has 0 fully saturated rings. The number of nitrogens with one attached hydrogen (secondary N) is 2. The van der Waals surface area contributed by atoms with E-state index in [1.54, 1.807) is 37.4 Å². The van der Waals surface area contributed by atoms with Crippen LogP contribution in [-0.4, -0.2) is 34.5 Å².